The van der Waals surface area contributed by atoms with E-state index in [9.17, 15) is 4.79 Å². The maximum absolute atomic E-state index is 11.5. The van der Waals surface area contributed by atoms with E-state index >= 15 is 0 Å². The van der Waals surface area contributed by atoms with Crippen LogP contribution >= 0.6 is 22.6 Å². The Morgan fingerprint density at radius 1 is 1.36 bits per heavy atom. The van der Waals surface area contributed by atoms with Gasteiger partial charge in [0.2, 0.25) is 0 Å². The molecule has 0 amide bonds. The van der Waals surface area contributed by atoms with E-state index in [0.29, 0.717) is 9.83 Å². The van der Waals surface area contributed by atoms with E-state index < -0.39 is 8.07 Å². The maximum Gasteiger partial charge on any atom is 0.133 e. The zero-order valence-electron chi connectivity index (χ0n) is 7.99. The van der Waals surface area contributed by atoms with Gasteiger partial charge in [0.25, 0.3) is 0 Å². The molecular formula is C8H17IOSi. The van der Waals surface area contributed by atoms with Crippen LogP contribution in [0.2, 0.25) is 18.1 Å². The molecule has 0 saturated carbocycles. The first-order chi connectivity index (χ1) is 4.73. The minimum absolute atomic E-state index is 0.204. The summed E-state index contributed by atoms with van der Waals surface area (Å²) in [5, 5.41) is 0.681. The van der Waals surface area contributed by atoms with Gasteiger partial charge in [-0.25, -0.2) is 0 Å². The van der Waals surface area contributed by atoms with Crippen molar-refractivity contribution in [3.05, 3.63) is 0 Å². The smallest absolute Gasteiger partial charge is 0.133 e. The second-order valence-electron chi connectivity index (χ2n) is 4.43. The lowest BCUT2D eigenvalue weighted by atomic mass is 10.2. The fraction of sp³-hybridized carbons (Fsp3) is 0.875. The molecule has 0 atom stereocenters. The number of halogens is 1. The molecule has 0 rings (SSSR count). The first-order valence-corrected chi connectivity index (χ1v) is 8.35. The van der Waals surface area contributed by atoms with Crippen molar-refractivity contribution < 1.29 is 4.79 Å². The lowest BCUT2D eigenvalue weighted by Gasteiger charge is -2.34. The molecule has 0 heterocycles. The predicted octanol–water partition coefficient (Wildman–Crippen LogP) is 3.04. The summed E-state index contributed by atoms with van der Waals surface area (Å²) in [6.45, 7) is 10.8. The number of carbonyl (C=O) groups is 1. The molecule has 0 fully saturated rings. The summed E-state index contributed by atoms with van der Waals surface area (Å²) >= 11 is 2.16. The molecular weight excluding hydrogens is 267 g/mol. The molecule has 0 N–H and O–H groups in total. The van der Waals surface area contributed by atoms with E-state index in [0.717, 1.165) is 0 Å². The largest absolute Gasteiger partial charge is 0.305 e. The van der Waals surface area contributed by atoms with E-state index in [-0.39, 0.29) is 5.04 Å². The number of carbonyl (C=O) groups excluding carboxylic acids is 1. The lowest BCUT2D eigenvalue weighted by Crippen LogP contribution is -2.46. The van der Waals surface area contributed by atoms with Gasteiger partial charge in [-0.1, -0.05) is 56.5 Å². The summed E-state index contributed by atoms with van der Waals surface area (Å²) in [7, 11) is -1.65. The third kappa shape index (κ3) is 2.54. The van der Waals surface area contributed by atoms with Gasteiger partial charge in [-0.05, 0) is 5.04 Å². The van der Waals surface area contributed by atoms with E-state index in [1.807, 2.05) is 0 Å². The highest BCUT2D eigenvalue weighted by Gasteiger charge is 2.40. The van der Waals surface area contributed by atoms with Crippen molar-refractivity contribution in [3.8, 4) is 0 Å². The molecule has 0 bridgehead atoms. The molecule has 0 radical (unpaired) electrons. The molecule has 0 aromatic heterocycles. The number of hydrogen-bond donors (Lipinski definition) is 0. The summed E-state index contributed by atoms with van der Waals surface area (Å²) in [6, 6.07) is 0. The fourth-order valence-corrected chi connectivity index (χ4v) is 4.62. The quantitative estimate of drug-likeness (QED) is 0.433. The van der Waals surface area contributed by atoms with Gasteiger partial charge in [-0.3, -0.25) is 0 Å². The number of alkyl halides is 1. The average Bonchev–Trinajstić information content (AvgIpc) is 1.83. The molecule has 0 aliphatic heterocycles. The molecule has 3 heteroatoms. The molecule has 0 aliphatic rings. The van der Waals surface area contributed by atoms with Gasteiger partial charge in [-0.2, -0.15) is 0 Å². The van der Waals surface area contributed by atoms with Crippen molar-refractivity contribution in [3.63, 3.8) is 0 Å². The summed E-state index contributed by atoms with van der Waals surface area (Å²) in [5.41, 5.74) is 0. The van der Waals surface area contributed by atoms with E-state index in [2.05, 4.69) is 56.5 Å². The van der Waals surface area contributed by atoms with Crippen LogP contribution in [0.3, 0.4) is 0 Å². The first kappa shape index (κ1) is 11.6. The van der Waals surface area contributed by atoms with Crippen molar-refractivity contribution >= 4 is 36.1 Å². The standard InChI is InChI=1S/C8H17IOSi/c1-8(2,3)11(4,5)7(10)6-9/h6H2,1-5H3. The van der Waals surface area contributed by atoms with Crippen LogP contribution in [0, 0.1) is 0 Å². The molecule has 0 aliphatic carbocycles. The van der Waals surface area contributed by atoms with Crippen molar-refractivity contribution in [1.29, 1.82) is 0 Å². The van der Waals surface area contributed by atoms with Crippen LogP contribution in [0.1, 0.15) is 20.8 Å². The summed E-state index contributed by atoms with van der Waals surface area (Å²) < 4.78 is 0.675. The molecule has 0 aromatic carbocycles. The van der Waals surface area contributed by atoms with Crippen LogP contribution in [-0.4, -0.2) is 17.9 Å². The molecule has 0 saturated heterocycles. The summed E-state index contributed by atoms with van der Waals surface area (Å²) in [4.78, 5) is 11.5. The number of rotatable bonds is 2. The van der Waals surface area contributed by atoms with Gasteiger partial charge in [0.05, 0.1) is 4.43 Å². The maximum atomic E-state index is 11.5. The molecule has 0 aromatic rings. The minimum atomic E-state index is -1.65. The SMILES string of the molecule is CC(C)(C)[Si](C)(C)C(=O)CI. The number of hydrogen-bond acceptors (Lipinski definition) is 1. The van der Waals surface area contributed by atoms with Crippen LogP contribution in [0.25, 0.3) is 0 Å². The third-order valence-electron chi connectivity index (χ3n) is 2.69. The molecule has 0 unspecified atom stereocenters. The molecule has 1 nitrogen and oxygen atoms in total. The van der Waals surface area contributed by atoms with Gasteiger partial charge >= 0.3 is 0 Å². The van der Waals surface area contributed by atoms with Crippen molar-refractivity contribution in [2.24, 2.45) is 0 Å². The zero-order chi connectivity index (χ0) is 9.28. The highest BCUT2D eigenvalue weighted by atomic mass is 127. The van der Waals surface area contributed by atoms with Crippen LogP contribution in [-0.2, 0) is 4.79 Å². The Morgan fingerprint density at radius 2 is 1.73 bits per heavy atom. The van der Waals surface area contributed by atoms with Gasteiger partial charge < -0.3 is 4.79 Å². The van der Waals surface area contributed by atoms with Crippen molar-refractivity contribution in [2.75, 3.05) is 4.43 Å². The van der Waals surface area contributed by atoms with Gasteiger partial charge in [-0.15, -0.1) is 0 Å². The Kier molecular flexibility index (Phi) is 3.76. The topological polar surface area (TPSA) is 17.1 Å². The normalized spacial score (nSPS) is 13.3. The second-order valence-corrected chi connectivity index (χ2v) is 10.5. The van der Waals surface area contributed by atoms with E-state index in [1.165, 1.54) is 0 Å². The van der Waals surface area contributed by atoms with Gasteiger partial charge in [0.1, 0.15) is 13.5 Å². The van der Waals surface area contributed by atoms with Crippen LogP contribution in [0.4, 0.5) is 0 Å². The predicted molar refractivity (Wildman–Crippen MR) is 61.1 cm³/mol. The minimum Gasteiger partial charge on any atom is -0.305 e. The van der Waals surface area contributed by atoms with Crippen molar-refractivity contribution in [2.45, 2.75) is 38.9 Å². The molecule has 0 spiro atoms. The molecule has 66 valence electrons. The van der Waals surface area contributed by atoms with Crippen LogP contribution in [0.5, 0.6) is 0 Å². The van der Waals surface area contributed by atoms with E-state index in [1.54, 1.807) is 0 Å². The highest BCUT2D eigenvalue weighted by molar-refractivity contribution is 14.1. The fourth-order valence-electron chi connectivity index (χ4n) is 0.585. The Hall–Kier alpha value is 0.617. The Labute approximate surface area is 84.1 Å². The van der Waals surface area contributed by atoms with Gasteiger partial charge in [0.15, 0.2) is 0 Å². The zero-order valence-corrected chi connectivity index (χ0v) is 11.2. The average molecular weight is 284 g/mol. The summed E-state index contributed by atoms with van der Waals surface area (Å²) in [6.07, 6.45) is 0. The Balaban J connectivity index is 4.59. The molecule has 11 heavy (non-hydrogen) atoms. The third-order valence-corrected chi connectivity index (χ3v) is 9.43. The second kappa shape index (κ2) is 3.56. The van der Waals surface area contributed by atoms with Crippen LogP contribution in [0.15, 0.2) is 0 Å². The van der Waals surface area contributed by atoms with Gasteiger partial charge in [0, 0.05) is 0 Å². The Morgan fingerprint density at radius 3 is 1.82 bits per heavy atom. The lowest BCUT2D eigenvalue weighted by molar-refractivity contribution is -0.110. The van der Waals surface area contributed by atoms with Crippen molar-refractivity contribution in [1.82, 2.24) is 0 Å². The first-order valence-electron chi connectivity index (χ1n) is 3.82. The monoisotopic (exact) mass is 284 g/mol. The highest BCUT2D eigenvalue weighted by Crippen LogP contribution is 2.36. The van der Waals surface area contributed by atoms with E-state index in [4.69, 9.17) is 0 Å². The van der Waals surface area contributed by atoms with Crippen LogP contribution < -0.4 is 0 Å². The summed E-state index contributed by atoms with van der Waals surface area (Å²) in [5.74, 6) is 0. The Bertz CT molecular complexity index is 158.